The van der Waals surface area contributed by atoms with E-state index < -0.39 is 10.0 Å². The molecule has 0 radical (unpaired) electrons. The zero-order chi connectivity index (χ0) is 24.7. The van der Waals surface area contributed by atoms with Crippen molar-refractivity contribution in [3.8, 4) is 0 Å². The molecule has 2 aliphatic carbocycles. The minimum Gasteiger partial charge on any atom is -0.370 e. The van der Waals surface area contributed by atoms with Gasteiger partial charge in [-0.3, -0.25) is 0 Å². The fourth-order valence-electron chi connectivity index (χ4n) is 5.82. The van der Waals surface area contributed by atoms with Crippen LogP contribution < -0.4 is 15.3 Å². The molecule has 4 rings (SSSR count). The summed E-state index contributed by atoms with van der Waals surface area (Å²) in [6.07, 6.45) is 15.4. The zero-order valence-corrected chi connectivity index (χ0v) is 23.9. The molecule has 1 N–H and O–H groups in total. The van der Waals surface area contributed by atoms with Crippen LogP contribution in [-0.4, -0.2) is 38.2 Å². The Labute approximate surface area is 211 Å². The second-order valence-corrected chi connectivity index (χ2v) is 13.6. The summed E-state index contributed by atoms with van der Waals surface area (Å²) in [4.78, 5) is 2.45. The number of hydrogen-bond donors (Lipinski definition) is 1. The van der Waals surface area contributed by atoms with Gasteiger partial charge in [0.1, 0.15) is 0 Å². The lowest BCUT2D eigenvalue weighted by atomic mass is 9.90. The number of rotatable bonds is 9. The Bertz CT molecular complexity index is 1120. The standard InChI is InChI=1S/C27H40N2O2P2S/c1-5-9-18(2)19(3)29-17-27(12-13-27)26(28-34(4,30)31)24(29)15-21-14-22(32)16-23(25(21)33)20-10-7-6-8-11-20/h7,10-11,14,16,18,24,26,28H,3,5-6,8-9,12-13,15,17,32-33H2,1-2,4H3/t18-,24?,26?/m1/s1. The van der Waals surface area contributed by atoms with Gasteiger partial charge in [0.05, 0.1) is 6.26 Å². The maximum atomic E-state index is 12.4. The predicted octanol–water partition coefficient (Wildman–Crippen LogP) is 4.30. The second kappa shape index (κ2) is 10.2. The third-order valence-electron chi connectivity index (χ3n) is 7.85. The summed E-state index contributed by atoms with van der Waals surface area (Å²) in [5.74, 6) is 0.386. The van der Waals surface area contributed by atoms with Gasteiger partial charge in [-0.25, -0.2) is 13.1 Å². The van der Waals surface area contributed by atoms with E-state index in [1.165, 1.54) is 28.3 Å². The molecule has 3 aliphatic rings. The molecule has 0 bridgehead atoms. The van der Waals surface area contributed by atoms with Gasteiger partial charge in [-0.05, 0) is 77.8 Å². The fourth-order valence-corrected chi connectivity index (χ4v) is 7.50. The van der Waals surface area contributed by atoms with Gasteiger partial charge in [-0.1, -0.05) is 51.1 Å². The lowest BCUT2D eigenvalue weighted by Crippen LogP contribution is -2.48. The van der Waals surface area contributed by atoms with E-state index in [1.54, 1.807) is 0 Å². The molecule has 34 heavy (non-hydrogen) atoms. The first-order valence-electron chi connectivity index (χ1n) is 12.5. The molecular formula is C27H40N2O2P2S. The Morgan fingerprint density at radius 1 is 1.29 bits per heavy atom. The van der Waals surface area contributed by atoms with Crippen LogP contribution in [0.1, 0.15) is 63.5 Å². The van der Waals surface area contributed by atoms with Crippen LogP contribution in [0, 0.1) is 11.3 Å². The van der Waals surface area contributed by atoms with Crippen molar-refractivity contribution in [2.45, 2.75) is 70.9 Å². The molecule has 0 amide bonds. The third-order valence-corrected chi connectivity index (χ3v) is 9.54. The summed E-state index contributed by atoms with van der Waals surface area (Å²) in [5, 5.41) is 2.37. The van der Waals surface area contributed by atoms with Crippen LogP contribution >= 0.6 is 18.5 Å². The Balaban J connectivity index is 1.73. The van der Waals surface area contributed by atoms with Crippen molar-refractivity contribution < 1.29 is 8.42 Å². The third kappa shape index (κ3) is 5.54. The number of hydrogen-bond acceptors (Lipinski definition) is 3. The highest BCUT2D eigenvalue weighted by molar-refractivity contribution is 7.88. The number of nitrogens with one attached hydrogen (secondary N) is 1. The number of benzene rings is 1. The predicted molar refractivity (Wildman–Crippen MR) is 152 cm³/mol. The molecule has 4 nitrogen and oxygen atoms in total. The Hall–Kier alpha value is -0.990. The summed E-state index contributed by atoms with van der Waals surface area (Å²) in [6, 6.07) is 4.44. The molecule has 1 aromatic carbocycles. The summed E-state index contributed by atoms with van der Waals surface area (Å²) in [5.41, 5.74) is 4.97. The average molecular weight is 519 g/mol. The van der Waals surface area contributed by atoms with Crippen LogP contribution in [-0.2, 0) is 16.4 Å². The first kappa shape index (κ1) is 26.1. The van der Waals surface area contributed by atoms with Gasteiger partial charge in [0.25, 0.3) is 0 Å². The van der Waals surface area contributed by atoms with E-state index in [1.807, 2.05) is 0 Å². The van der Waals surface area contributed by atoms with E-state index in [4.69, 9.17) is 0 Å². The smallest absolute Gasteiger partial charge is 0.209 e. The maximum Gasteiger partial charge on any atom is 0.209 e. The van der Waals surface area contributed by atoms with Crippen LogP contribution in [0.15, 0.2) is 42.6 Å². The minimum absolute atomic E-state index is 0.0275. The highest BCUT2D eigenvalue weighted by Crippen LogP contribution is 2.56. The van der Waals surface area contributed by atoms with Crippen molar-refractivity contribution in [1.82, 2.24) is 9.62 Å². The van der Waals surface area contributed by atoms with E-state index in [0.29, 0.717) is 5.92 Å². The molecular weight excluding hydrogens is 478 g/mol. The van der Waals surface area contributed by atoms with Gasteiger partial charge in [0.2, 0.25) is 10.0 Å². The Kier molecular flexibility index (Phi) is 7.80. The lowest BCUT2D eigenvalue weighted by molar-refractivity contribution is 0.267. The topological polar surface area (TPSA) is 49.4 Å². The van der Waals surface area contributed by atoms with Gasteiger partial charge in [-0.2, -0.15) is 0 Å². The zero-order valence-electron chi connectivity index (χ0n) is 20.8. The number of nitrogens with zero attached hydrogens (tertiary/aromatic N) is 1. The van der Waals surface area contributed by atoms with Gasteiger partial charge >= 0.3 is 0 Å². The molecule has 4 unspecified atom stereocenters. The Morgan fingerprint density at radius 3 is 2.62 bits per heavy atom. The average Bonchev–Trinajstić information content (AvgIpc) is 3.51. The molecule has 1 saturated carbocycles. The summed E-state index contributed by atoms with van der Waals surface area (Å²) < 4.78 is 27.9. The molecule has 1 aliphatic heterocycles. The van der Waals surface area contributed by atoms with Crippen molar-refractivity contribution in [3.63, 3.8) is 0 Å². The molecule has 1 spiro atoms. The second-order valence-electron chi connectivity index (χ2n) is 10.6. The quantitative estimate of drug-likeness (QED) is 0.496. The Morgan fingerprint density at radius 2 is 2.03 bits per heavy atom. The van der Waals surface area contributed by atoms with Crippen LogP contribution in [0.2, 0.25) is 0 Å². The van der Waals surface area contributed by atoms with Crippen LogP contribution in [0.25, 0.3) is 5.57 Å². The summed E-state index contributed by atoms with van der Waals surface area (Å²) in [6.45, 7) is 9.88. The number of likely N-dealkylation sites (tertiary alicyclic amines) is 1. The van der Waals surface area contributed by atoms with Crippen molar-refractivity contribution in [3.05, 3.63) is 53.8 Å². The molecule has 7 heteroatoms. The SMILES string of the molecule is C=C([C@H](C)CCC)N1CC2(CC2)C(NS(C)(=O)=O)C1Cc1cc(P)cc(C2=CCCC=C2)c1P. The van der Waals surface area contributed by atoms with E-state index in [2.05, 4.69) is 78.9 Å². The molecule has 5 atom stereocenters. The van der Waals surface area contributed by atoms with E-state index in [0.717, 1.165) is 62.5 Å². The molecule has 2 fully saturated rings. The van der Waals surface area contributed by atoms with Crippen molar-refractivity contribution >= 4 is 44.7 Å². The molecule has 0 aromatic heterocycles. The first-order valence-corrected chi connectivity index (χ1v) is 15.6. The number of allylic oxidation sites excluding steroid dienone is 5. The van der Waals surface area contributed by atoms with Crippen molar-refractivity contribution in [2.24, 2.45) is 11.3 Å². The molecule has 186 valence electrons. The largest absolute Gasteiger partial charge is 0.370 e. The molecule has 1 aromatic rings. The maximum absolute atomic E-state index is 12.4. The monoisotopic (exact) mass is 518 g/mol. The highest BCUT2D eigenvalue weighted by Gasteiger charge is 2.60. The van der Waals surface area contributed by atoms with Crippen LogP contribution in [0.4, 0.5) is 0 Å². The summed E-state index contributed by atoms with van der Waals surface area (Å²) in [7, 11) is 2.52. The van der Waals surface area contributed by atoms with E-state index in [9.17, 15) is 8.42 Å². The minimum atomic E-state index is -3.32. The van der Waals surface area contributed by atoms with Crippen LogP contribution in [0.5, 0.6) is 0 Å². The highest BCUT2D eigenvalue weighted by atomic mass is 32.2. The molecule has 1 saturated heterocycles. The van der Waals surface area contributed by atoms with Gasteiger partial charge in [0, 0.05) is 29.7 Å². The van der Waals surface area contributed by atoms with Gasteiger partial charge in [0.15, 0.2) is 0 Å². The normalized spacial score (nSPS) is 24.4. The lowest BCUT2D eigenvalue weighted by Gasteiger charge is -2.34. The van der Waals surface area contributed by atoms with E-state index >= 15 is 0 Å². The van der Waals surface area contributed by atoms with Gasteiger partial charge in [-0.15, -0.1) is 18.5 Å². The first-order chi connectivity index (χ1) is 16.0. The van der Waals surface area contributed by atoms with Gasteiger partial charge < -0.3 is 4.90 Å². The van der Waals surface area contributed by atoms with Crippen LogP contribution in [0.3, 0.4) is 0 Å². The number of sulfonamides is 1. The van der Waals surface area contributed by atoms with E-state index in [-0.39, 0.29) is 17.5 Å². The molecule has 1 heterocycles. The summed E-state index contributed by atoms with van der Waals surface area (Å²) >= 11 is 0. The van der Waals surface area contributed by atoms with Crippen molar-refractivity contribution in [1.29, 1.82) is 0 Å². The van der Waals surface area contributed by atoms with Crippen molar-refractivity contribution in [2.75, 3.05) is 12.8 Å². The fraction of sp³-hybridized carbons (Fsp3) is 0.556.